The predicted octanol–water partition coefficient (Wildman–Crippen LogP) is 2.05. The fourth-order valence-electron chi connectivity index (χ4n) is 1.70. The number of hydrogen-bond acceptors (Lipinski definition) is 3. The number of pyridine rings is 1. The molecule has 1 aromatic rings. The monoisotopic (exact) mass is 270 g/mol. The third-order valence-electron chi connectivity index (χ3n) is 3.04. The van der Waals surface area contributed by atoms with Crippen molar-refractivity contribution >= 4 is 21.7 Å². The Bertz CT molecular complexity index is 344. The molecule has 1 aliphatic rings. The van der Waals surface area contributed by atoms with Crippen LogP contribution < -0.4 is 4.90 Å². The van der Waals surface area contributed by atoms with E-state index in [1.807, 2.05) is 26.0 Å². The molecule has 15 heavy (non-hydrogen) atoms. The first-order valence-corrected chi connectivity index (χ1v) is 5.89. The zero-order chi connectivity index (χ0) is 11.1. The number of β-amino-alcohol motifs (C(OH)–C–C–N with tert-alkyl or cyclic N) is 1. The van der Waals surface area contributed by atoms with E-state index in [1.54, 1.807) is 6.20 Å². The first-order chi connectivity index (χ1) is 7.01. The minimum absolute atomic E-state index is 0.296. The number of halogens is 1. The number of hydrogen-bond donors (Lipinski definition) is 1. The molecule has 1 aliphatic heterocycles. The summed E-state index contributed by atoms with van der Waals surface area (Å²) in [4.78, 5) is 6.38. The Hall–Kier alpha value is -0.610. The summed E-state index contributed by atoms with van der Waals surface area (Å²) in [6.07, 6.45) is 1.78. The van der Waals surface area contributed by atoms with E-state index in [9.17, 15) is 5.11 Å². The third-order valence-corrected chi connectivity index (χ3v) is 3.51. The molecule has 2 heterocycles. The lowest BCUT2D eigenvalue weighted by atomic mass is 9.83. The van der Waals surface area contributed by atoms with E-state index in [0.717, 1.165) is 10.3 Å². The summed E-state index contributed by atoms with van der Waals surface area (Å²) in [5, 5.41) is 10.1. The van der Waals surface area contributed by atoms with Crippen molar-refractivity contribution in [3.05, 3.63) is 22.8 Å². The van der Waals surface area contributed by atoms with Crippen LogP contribution in [-0.4, -0.2) is 28.8 Å². The fraction of sp³-hybridized carbons (Fsp3) is 0.545. The van der Waals surface area contributed by atoms with E-state index < -0.39 is 5.60 Å². The topological polar surface area (TPSA) is 36.4 Å². The molecule has 0 radical (unpaired) electrons. The molecule has 1 aromatic heterocycles. The Morgan fingerprint density at radius 1 is 1.47 bits per heavy atom. The molecule has 0 aliphatic carbocycles. The first-order valence-electron chi connectivity index (χ1n) is 5.10. The summed E-state index contributed by atoms with van der Waals surface area (Å²) >= 11 is 3.35. The molecule has 1 fully saturated rings. The second kappa shape index (κ2) is 3.76. The van der Waals surface area contributed by atoms with Crippen molar-refractivity contribution in [3.8, 4) is 0 Å². The maximum atomic E-state index is 10.1. The van der Waals surface area contributed by atoms with Gasteiger partial charge in [0.05, 0.1) is 13.1 Å². The van der Waals surface area contributed by atoms with Crippen LogP contribution in [-0.2, 0) is 0 Å². The van der Waals surface area contributed by atoms with Gasteiger partial charge in [0.25, 0.3) is 0 Å². The van der Waals surface area contributed by atoms with Crippen molar-refractivity contribution in [3.63, 3.8) is 0 Å². The summed E-state index contributed by atoms with van der Waals surface area (Å²) in [6, 6.07) is 3.93. The van der Waals surface area contributed by atoms with Gasteiger partial charge in [0.1, 0.15) is 11.4 Å². The molecule has 0 atom stereocenters. The number of aliphatic hydroxyl groups is 1. The van der Waals surface area contributed by atoms with Gasteiger partial charge in [0.15, 0.2) is 0 Å². The number of nitrogens with zero attached hydrogens (tertiary/aromatic N) is 2. The average Bonchev–Trinajstić information content (AvgIpc) is 2.14. The first kappa shape index (κ1) is 10.9. The van der Waals surface area contributed by atoms with Gasteiger partial charge in [-0.05, 0) is 34.0 Å². The molecule has 0 aromatic carbocycles. The minimum atomic E-state index is -0.533. The molecule has 1 saturated heterocycles. The summed E-state index contributed by atoms with van der Waals surface area (Å²) < 4.78 is 0.978. The van der Waals surface area contributed by atoms with Crippen LogP contribution in [0.1, 0.15) is 13.8 Å². The van der Waals surface area contributed by atoms with E-state index >= 15 is 0 Å². The maximum absolute atomic E-state index is 10.1. The molecule has 0 amide bonds. The average molecular weight is 271 g/mol. The van der Waals surface area contributed by atoms with Crippen LogP contribution in [0, 0.1) is 5.92 Å². The van der Waals surface area contributed by atoms with E-state index in [0.29, 0.717) is 19.0 Å². The molecule has 82 valence electrons. The van der Waals surface area contributed by atoms with Gasteiger partial charge in [-0.15, -0.1) is 0 Å². The second-order valence-electron chi connectivity index (χ2n) is 4.45. The normalized spacial score (nSPS) is 19.1. The molecule has 3 nitrogen and oxygen atoms in total. The van der Waals surface area contributed by atoms with Crippen LogP contribution in [0.4, 0.5) is 5.82 Å². The lowest BCUT2D eigenvalue weighted by molar-refractivity contribution is -0.0304. The van der Waals surface area contributed by atoms with Gasteiger partial charge in [-0.3, -0.25) is 0 Å². The molecular formula is C11H15BrN2O. The fourth-order valence-corrected chi connectivity index (χ4v) is 1.93. The van der Waals surface area contributed by atoms with Crippen molar-refractivity contribution in [2.45, 2.75) is 19.4 Å². The van der Waals surface area contributed by atoms with Gasteiger partial charge in [-0.1, -0.05) is 13.8 Å². The highest BCUT2D eigenvalue weighted by Gasteiger charge is 2.44. The Morgan fingerprint density at radius 2 is 2.13 bits per heavy atom. The highest BCUT2D eigenvalue weighted by atomic mass is 79.9. The number of anilines is 1. The Labute approximate surface area is 98.3 Å². The van der Waals surface area contributed by atoms with Crippen LogP contribution in [0.2, 0.25) is 0 Å². The lowest BCUT2D eigenvalue weighted by Gasteiger charge is -2.49. The van der Waals surface area contributed by atoms with E-state index in [-0.39, 0.29) is 0 Å². The summed E-state index contributed by atoms with van der Waals surface area (Å²) in [5.41, 5.74) is -0.533. The zero-order valence-corrected chi connectivity index (χ0v) is 10.5. The van der Waals surface area contributed by atoms with Crippen molar-refractivity contribution in [2.75, 3.05) is 18.0 Å². The van der Waals surface area contributed by atoms with E-state index in [1.165, 1.54) is 0 Å². The lowest BCUT2D eigenvalue weighted by Crippen LogP contribution is -2.65. The predicted molar refractivity (Wildman–Crippen MR) is 63.9 cm³/mol. The van der Waals surface area contributed by atoms with Crippen LogP contribution in [0.15, 0.2) is 22.8 Å². The van der Waals surface area contributed by atoms with Crippen LogP contribution in [0.3, 0.4) is 0 Å². The summed E-state index contributed by atoms with van der Waals surface area (Å²) in [7, 11) is 0. The molecule has 4 heteroatoms. The van der Waals surface area contributed by atoms with Crippen molar-refractivity contribution in [1.82, 2.24) is 4.98 Å². The SMILES string of the molecule is CC(C)C1(O)CN(c2ccc(Br)cn2)C1. The Kier molecular flexibility index (Phi) is 2.73. The smallest absolute Gasteiger partial charge is 0.128 e. The Morgan fingerprint density at radius 3 is 2.60 bits per heavy atom. The van der Waals surface area contributed by atoms with Crippen LogP contribution in [0.25, 0.3) is 0 Å². The van der Waals surface area contributed by atoms with Crippen molar-refractivity contribution in [2.24, 2.45) is 5.92 Å². The molecule has 0 unspecified atom stereocenters. The minimum Gasteiger partial charge on any atom is -0.386 e. The number of rotatable bonds is 2. The van der Waals surface area contributed by atoms with Gasteiger partial charge in [-0.2, -0.15) is 0 Å². The standard InChI is InChI=1S/C11H15BrN2O/c1-8(2)11(15)6-14(7-11)10-4-3-9(12)5-13-10/h3-5,8,15H,6-7H2,1-2H3. The molecule has 0 bridgehead atoms. The highest BCUT2D eigenvalue weighted by molar-refractivity contribution is 9.10. The summed E-state index contributed by atoms with van der Waals surface area (Å²) in [6.45, 7) is 5.46. The van der Waals surface area contributed by atoms with Gasteiger partial charge in [0.2, 0.25) is 0 Å². The number of aromatic nitrogens is 1. The van der Waals surface area contributed by atoms with Gasteiger partial charge in [0, 0.05) is 10.7 Å². The molecular weight excluding hydrogens is 256 g/mol. The van der Waals surface area contributed by atoms with E-state index in [2.05, 4.69) is 25.8 Å². The molecule has 0 saturated carbocycles. The van der Waals surface area contributed by atoms with Crippen LogP contribution in [0.5, 0.6) is 0 Å². The van der Waals surface area contributed by atoms with E-state index in [4.69, 9.17) is 0 Å². The molecule has 0 spiro atoms. The maximum Gasteiger partial charge on any atom is 0.128 e. The second-order valence-corrected chi connectivity index (χ2v) is 5.36. The molecule has 1 N–H and O–H groups in total. The van der Waals surface area contributed by atoms with Crippen molar-refractivity contribution < 1.29 is 5.11 Å². The van der Waals surface area contributed by atoms with Gasteiger partial charge in [-0.25, -0.2) is 4.98 Å². The Balaban J connectivity index is 2.03. The molecule has 2 rings (SSSR count). The van der Waals surface area contributed by atoms with Crippen LogP contribution >= 0.6 is 15.9 Å². The van der Waals surface area contributed by atoms with Gasteiger partial charge >= 0.3 is 0 Å². The largest absolute Gasteiger partial charge is 0.386 e. The van der Waals surface area contributed by atoms with Crippen molar-refractivity contribution in [1.29, 1.82) is 0 Å². The summed E-state index contributed by atoms with van der Waals surface area (Å²) in [5.74, 6) is 1.23. The third kappa shape index (κ3) is 2.01. The quantitative estimate of drug-likeness (QED) is 0.894. The zero-order valence-electron chi connectivity index (χ0n) is 8.94. The van der Waals surface area contributed by atoms with Gasteiger partial charge < -0.3 is 10.0 Å². The highest BCUT2D eigenvalue weighted by Crippen LogP contribution is 2.31.